The van der Waals surface area contributed by atoms with Gasteiger partial charge in [-0.3, -0.25) is 4.79 Å². The van der Waals surface area contributed by atoms with Gasteiger partial charge in [0.05, 0.1) is 18.5 Å². The topological polar surface area (TPSA) is 56.6 Å². The normalized spacial score (nSPS) is 12.3. The summed E-state index contributed by atoms with van der Waals surface area (Å²) < 4.78 is 11.6. The number of methoxy groups -OCH3 is 2. The lowest BCUT2D eigenvalue weighted by Gasteiger charge is -2.19. The fourth-order valence-corrected chi connectivity index (χ4v) is 2.25. The van der Waals surface area contributed by atoms with Crippen molar-refractivity contribution >= 4 is 21.8 Å². The minimum Gasteiger partial charge on any atom is -0.481 e. The van der Waals surface area contributed by atoms with Crippen molar-refractivity contribution in [2.45, 2.75) is 4.83 Å². The molecule has 1 atom stereocenters. The standard InChI is InChI=1S/C11H18BrN3O3/c1-14(6-8(12)7-17-3)11(16)9-5-10(18-4)15(2)13-9/h5,8H,6-7H2,1-4H3. The van der Waals surface area contributed by atoms with E-state index in [1.807, 2.05) is 0 Å². The third kappa shape index (κ3) is 3.71. The van der Waals surface area contributed by atoms with Crippen molar-refractivity contribution in [1.29, 1.82) is 0 Å². The van der Waals surface area contributed by atoms with E-state index in [2.05, 4.69) is 21.0 Å². The number of aryl methyl sites for hydroxylation is 1. The van der Waals surface area contributed by atoms with Crippen molar-refractivity contribution in [2.75, 3.05) is 34.4 Å². The van der Waals surface area contributed by atoms with E-state index in [-0.39, 0.29) is 10.7 Å². The predicted molar refractivity (Wildman–Crippen MR) is 71.3 cm³/mol. The van der Waals surface area contributed by atoms with E-state index >= 15 is 0 Å². The third-order valence-corrected chi connectivity index (χ3v) is 2.99. The molecular weight excluding hydrogens is 302 g/mol. The van der Waals surface area contributed by atoms with Crippen LogP contribution in [-0.4, -0.2) is 59.8 Å². The quantitative estimate of drug-likeness (QED) is 0.731. The summed E-state index contributed by atoms with van der Waals surface area (Å²) in [6.07, 6.45) is 0. The number of aromatic nitrogens is 2. The summed E-state index contributed by atoms with van der Waals surface area (Å²) in [6, 6.07) is 1.62. The maximum Gasteiger partial charge on any atom is 0.274 e. The number of hydrogen-bond acceptors (Lipinski definition) is 4. The smallest absolute Gasteiger partial charge is 0.274 e. The second-order valence-electron chi connectivity index (χ2n) is 3.93. The Hall–Kier alpha value is -1.08. The van der Waals surface area contributed by atoms with Crippen molar-refractivity contribution in [2.24, 2.45) is 7.05 Å². The van der Waals surface area contributed by atoms with E-state index in [1.165, 1.54) is 4.68 Å². The van der Waals surface area contributed by atoms with Crippen LogP contribution in [0.3, 0.4) is 0 Å². The van der Waals surface area contributed by atoms with Gasteiger partial charge >= 0.3 is 0 Å². The number of ether oxygens (including phenoxy) is 2. The van der Waals surface area contributed by atoms with Crippen molar-refractivity contribution in [3.8, 4) is 5.88 Å². The predicted octanol–water partition coefficient (Wildman–Crippen LogP) is 0.911. The molecule has 1 heterocycles. The van der Waals surface area contributed by atoms with Crippen molar-refractivity contribution in [3.63, 3.8) is 0 Å². The molecule has 0 fully saturated rings. The van der Waals surface area contributed by atoms with Crippen molar-refractivity contribution in [3.05, 3.63) is 11.8 Å². The van der Waals surface area contributed by atoms with E-state index in [0.717, 1.165) is 0 Å². The number of alkyl halides is 1. The van der Waals surface area contributed by atoms with Crippen LogP contribution in [0.15, 0.2) is 6.07 Å². The second kappa shape index (κ2) is 6.75. The summed E-state index contributed by atoms with van der Waals surface area (Å²) in [6.45, 7) is 1.09. The van der Waals surface area contributed by atoms with Crippen LogP contribution < -0.4 is 4.74 Å². The summed E-state index contributed by atoms with van der Waals surface area (Å²) in [7, 11) is 6.63. The molecular formula is C11H18BrN3O3. The minimum absolute atomic E-state index is 0.0991. The zero-order valence-electron chi connectivity index (χ0n) is 11.0. The van der Waals surface area contributed by atoms with Crippen LogP contribution in [0, 0.1) is 0 Å². The first-order chi connectivity index (χ1) is 8.49. The summed E-state index contributed by atoms with van der Waals surface area (Å²) in [5, 5.41) is 4.11. The first-order valence-corrected chi connectivity index (χ1v) is 6.37. The maximum atomic E-state index is 12.1. The van der Waals surface area contributed by atoms with Crippen LogP contribution in [0.2, 0.25) is 0 Å². The van der Waals surface area contributed by atoms with Gasteiger partial charge in [-0.15, -0.1) is 0 Å². The average Bonchev–Trinajstić information content (AvgIpc) is 2.69. The molecule has 1 rings (SSSR count). The first kappa shape index (κ1) is 15.0. The fourth-order valence-electron chi connectivity index (χ4n) is 1.55. The van der Waals surface area contributed by atoms with Gasteiger partial charge < -0.3 is 14.4 Å². The third-order valence-electron chi connectivity index (χ3n) is 2.43. The molecule has 0 spiro atoms. The van der Waals surface area contributed by atoms with Crippen molar-refractivity contribution < 1.29 is 14.3 Å². The van der Waals surface area contributed by atoms with Crippen LogP contribution in [0.5, 0.6) is 5.88 Å². The molecule has 0 aliphatic rings. The Bertz CT molecular complexity index is 408. The van der Waals surface area contributed by atoms with E-state index in [9.17, 15) is 4.79 Å². The number of nitrogens with zero attached hydrogens (tertiary/aromatic N) is 3. The Kier molecular flexibility index (Phi) is 5.61. The van der Waals surface area contributed by atoms with E-state index in [0.29, 0.717) is 24.7 Å². The summed E-state index contributed by atoms with van der Waals surface area (Å²) in [5.74, 6) is 0.411. The molecule has 1 aromatic heterocycles. The SMILES string of the molecule is COCC(Br)CN(C)C(=O)c1cc(OC)n(C)n1. The highest BCUT2D eigenvalue weighted by molar-refractivity contribution is 9.09. The van der Waals surface area contributed by atoms with E-state index in [1.54, 1.807) is 39.3 Å². The number of rotatable bonds is 6. The lowest BCUT2D eigenvalue weighted by Crippen LogP contribution is -2.34. The summed E-state index contributed by atoms with van der Waals surface area (Å²) in [5.41, 5.74) is 0.369. The largest absolute Gasteiger partial charge is 0.481 e. The fraction of sp³-hybridized carbons (Fsp3) is 0.636. The Labute approximate surface area is 115 Å². The number of carbonyl (C=O) groups excluding carboxylic acids is 1. The van der Waals surface area contributed by atoms with Gasteiger partial charge in [0.25, 0.3) is 5.91 Å². The van der Waals surface area contributed by atoms with Gasteiger partial charge in [-0.2, -0.15) is 5.10 Å². The molecule has 102 valence electrons. The Morgan fingerprint density at radius 1 is 1.61 bits per heavy atom. The second-order valence-corrected chi connectivity index (χ2v) is 5.23. The van der Waals surface area contributed by atoms with Gasteiger partial charge in [-0.1, -0.05) is 15.9 Å². The molecule has 0 radical (unpaired) electrons. The molecule has 0 N–H and O–H groups in total. The Morgan fingerprint density at radius 2 is 2.28 bits per heavy atom. The highest BCUT2D eigenvalue weighted by Crippen LogP contribution is 2.13. The van der Waals surface area contributed by atoms with Gasteiger partial charge in [-0.05, 0) is 0 Å². The molecule has 0 aromatic carbocycles. The molecule has 18 heavy (non-hydrogen) atoms. The van der Waals surface area contributed by atoms with Crippen LogP contribution in [0.1, 0.15) is 10.5 Å². The number of carbonyl (C=O) groups is 1. The van der Waals surface area contributed by atoms with Gasteiger partial charge in [0.2, 0.25) is 5.88 Å². The van der Waals surface area contributed by atoms with E-state index < -0.39 is 0 Å². The van der Waals surface area contributed by atoms with Crippen LogP contribution >= 0.6 is 15.9 Å². The maximum absolute atomic E-state index is 12.1. The molecule has 1 unspecified atom stereocenters. The van der Waals surface area contributed by atoms with E-state index in [4.69, 9.17) is 9.47 Å². The molecule has 1 aromatic rings. The molecule has 0 bridgehead atoms. The summed E-state index contributed by atoms with van der Waals surface area (Å²) >= 11 is 3.44. The number of hydrogen-bond donors (Lipinski definition) is 0. The molecule has 1 amide bonds. The van der Waals surface area contributed by atoms with Crippen molar-refractivity contribution in [1.82, 2.24) is 14.7 Å². The number of halogens is 1. The molecule has 0 aliphatic carbocycles. The highest BCUT2D eigenvalue weighted by Gasteiger charge is 2.19. The molecule has 6 nitrogen and oxygen atoms in total. The lowest BCUT2D eigenvalue weighted by atomic mass is 10.3. The van der Waals surface area contributed by atoms with Gasteiger partial charge in [-0.25, -0.2) is 4.68 Å². The molecule has 0 aliphatic heterocycles. The zero-order chi connectivity index (χ0) is 13.7. The number of amides is 1. The van der Waals surface area contributed by atoms with Gasteiger partial charge in [0.15, 0.2) is 5.69 Å². The first-order valence-electron chi connectivity index (χ1n) is 5.46. The van der Waals surface area contributed by atoms with Crippen LogP contribution in [-0.2, 0) is 11.8 Å². The minimum atomic E-state index is -0.144. The van der Waals surface area contributed by atoms with Crippen LogP contribution in [0.25, 0.3) is 0 Å². The van der Waals surface area contributed by atoms with Crippen LogP contribution in [0.4, 0.5) is 0 Å². The Morgan fingerprint density at radius 3 is 2.78 bits per heavy atom. The summed E-state index contributed by atoms with van der Waals surface area (Å²) in [4.78, 5) is 13.8. The zero-order valence-corrected chi connectivity index (χ0v) is 12.6. The molecule has 0 saturated heterocycles. The van der Waals surface area contributed by atoms with Gasteiger partial charge in [0, 0.05) is 33.8 Å². The monoisotopic (exact) mass is 319 g/mol. The molecule has 0 saturated carbocycles. The highest BCUT2D eigenvalue weighted by atomic mass is 79.9. The average molecular weight is 320 g/mol. The van der Waals surface area contributed by atoms with Gasteiger partial charge in [0.1, 0.15) is 0 Å². The lowest BCUT2D eigenvalue weighted by molar-refractivity contribution is 0.0777. The molecule has 7 heteroatoms. The Balaban J connectivity index is 2.67.